The maximum Gasteiger partial charge on any atom is 0.318 e. The molecule has 19 heavy (non-hydrogen) atoms. The summed E-state index contributed by atoms with van der Waals surface area (Å²) >= 11 is 0. The summed E-state index contributed by atoms with van der Waals surface area (Å²) < 4.78 is 25.5. The molecule has 0 fully saturated rings. The molecule has 0 saturated carbocycles. The van der Waals surface area contributed by atoms with Gasteiger partial charge in [-0.2, -0.15) is 9.57 Å². The fourth-order valence-corrected chi connectivity index (χ4v) is 3.17. The van der Waals surface area contributed by atoms with Gasteiger partial charge in [-0.25, -0.2) is 8.42 Å². The minimum Gasteiger partial charge on any atom is -0.480 e. The topological polar surface area (TPSA) is 98.5 Å². The lowest BCUT2D eigenvalue weighted by Gasteiger charge is -2.24. The second kappa shape index (κ2) is 5.82. The van der Waals surface area contributed by atoms with E-state index in [1.165, 1.54) is 24.3 Å². The van der Waals surface area contributed by atoms with E-state index in [0.717, 1.165) is 4.31 Å². The summed E-state index contributed by atoms with van der Waals surface area (Å²) in [6.45, 7) is 2.57. The zero-order valence-electron chi connectivity index (χ0n) is 10.6. The molecule has 0 atom stereocenters. The Kier molecular flexibility index (Phi) is 4.64. The molecular weight excluding hydrogens is 268 g/mol. The largest absolute Gasteiger partial charge is 0.480 e. The Morgan fingerprint density at radius 1 is 1.47 bits per heavy atom. The first-order chi connectivity index (χ1) is 8.78. The first-order valence-electron chi connectivity index (χ1n) is 5.53. The molecule has 7 heteroatoms. The van der Waals surface area contributed by atoms with Gasteiger partial charge in [-0.05, 0) is 32.0 Å². The standard InChI is InChI=1S/C12H14N2O4S/c1-9(2)14(8-12(15)16)19(17,18)11-5-3-4-10(6-11)7-13/h3-6,9H,8H2,1-2H3,(H,15,16). The Balaban J connectivity index is 3.27. The van der Waals surface area contributed by atoms with Crippen molar-refractivity contribution in [2.24, 2.45) is 0 Å². The third-order valence-corrected chi connectivity index (χ3v) is 4.45. The van der Waals surface area contributed by atoms with Crippen LogP contribution in [0.2, 0.25) is 0 Å². The van der Waals surface area contributed by atoms with Crippen LogP contribution in [0.15, 0.2) is 29.2 Å². The van der Waals surface area contributed by atoms with E-state index in [2.05, 4.69) is 0 Å². The SMILES string of the molecule is CC(C)N(CC(=O)O)S(=O)(=O)c1cccc(C#N)c1. The van der Waals surface area contributed by atoms with Gasteiger partial charge in [-0.3, -0.25) is 4.79 Å². The molecule has 0 aliphatic carbocycles. The lowest BCUT2D eigenvalue weighted by Crippen LogP contribution is -2.40. The molecule has 0 radical (unpaired) electrons. The smallest absolute Gasteiger partial charge is 0.318 e. The number of hydrogen-bond acceptors (Lipinski definition) is 4. The molecule has 1 rings (SSSR count). The molecule has 0 unspecified atom stereocenters. The Hall–Kier alpha value is -1.91. The minimum absolute atomic E-state index is 0.0819. The van der Waals surface area contributed by atoms with Crippen LogP contribution in [-0.4, -0.2) is 36.4 Å². The summed E-state index contributed by atoms with van der Waals surface area (Å²) in [5.41, 5.74) is 0.208. The molecule has 0 aromatic heterocycles. The molecule has 0 saturated heterocycles. The van der Waals surface area contributed by atoms with E-state index in [0.29, 0.717) is 0 Å². The molecule has 1 aromatic rings. The zero-order chi connectivity index (χ0) is 14.6. The molecule has 1 aromatic carbocycles. The van der Waals surface area contributed by atoms with Crippen LogP contribution in [0, 0.1) is 11.3 Å². The van der Waals surface area contributed by atoms with Gasteiger partial charge in [0.15, 0.2) is 0 Å². The summed E-state index contributed by atoms with van der Waals surface area (Å²) in [6.07, 6.45) is 0. The molecule has 0 amide bonds. The average molecular weight is 282 g/mol. The van der Waals surface area contributed by atoms with Gasteiger partial charge in [0.2, 0.25) is 10.0 Å². The van der Waals surface area contributed by atoms with Gasteiger partial charge in [0.1, 0.15) is 6.54 Å². The molecule has 0 aliphatic heterocycles. The van der Waals surface area contributed by atoms with Crippen LogP contribution >= 0.6 is 0 Å². The fraction of sp³-hybridized carbons (Fsp3) is 0.333. The van der Waals surface area contributed by atoms with Crippen LogP contribution in [-0.2, 0) is 14.8 Å². The Morgan fingerprint density at radius 2 is 2.11 bits per heavy atom. The number of sulfonamides is 1. The van der Waals surface area contributed by atoms with E-state index in [1.54, 1.807) is 13.8 Å². The van der Waals surface area contributed by atoms with Crippen LogP contribution in [0.5, 0.6) is 0 Å². The van der Waals surface area contributed by atoms with Gasteiger partial charge in [0.25, 0.3) is 0 Å². The van der Waals surface area contributed by atoms with Gasteiger partial charge in [-0.15, -0.1) is 0 Å². The number of carbonyl (C=O) groups is 1. The van der Waals surface area contributed by atoms with Crippen LogP contribution in [0.25, 0.3) is 0 Å². The summed E-state index contributed by atoms with van der Waals surface area (Å²) in [7, 11) is -3.93. The lowest BCUT2D eigenvalue weighted by molar-refractivity contribution is -0.137. The number of nitriles is 1. The van der Waals surface area contributed by atoms with Crippen LogP contribution in [0.4, 0.5) is 0 Å². The highest BCUT2D eigenvalue weighted by Crippen LogP contribution is 2.19. The second-order valence-corrected chi connectivity index (χ2v) is 6.07. The number of rotatable bonds is 5. The highest BCUT2D eigenvalue weighted by molar-refractivity contribution is 7.89. The van der Waals surface area contributed by atoms with Crippen molar-refractivity contribution in [3.63, 3.8) is 0 Å². The third-order valence-electron chi connectivity index (χ3n) is 2.44. The Bertz CT molecular complexity index is 617. The van der Waals surface area contributed by atoms with Gasteiger partial charge >= 0.3 is 5.97 Å². The number of benzene rings is 1. The number of hydrogen-bond donors (Lipinski definition) is 1. The number of nitrogens with zero attached hydrogens (tertiary/aromatic N) is 2. The molecule has 0 heterocycles. The van der Waals surface area contributed by atoms with Crippen molar-refractivity contribution in [2.45, 2.75) is 24.8 Å². The van der Waals surface area contributed by atoms with E-state index in [9.17, 15) is 13.2 Å². The maximum absolute atomic E-state index is 12.3. The van der Waals surface area contributed by atoms with Gasteiger partial charge in [0, 0.05) is 6.04 Å². The molecular formula is C12H14N2O4S. The zero-order valence-corrected chi connectivity index (χ0v) is 11.4. The Labute approximate surface area is 111 Å². The van der Waals surface area contributed by atoms with Crippen molar-refractivity contribution >= 4 is 16.0 Å². The molecule has 0 aliphatic rings. The van der Waals surface area contributed by atoms with Crippen molar-refractivity contribution in [3.05, 3.63) is 29.8 Å². The van der Waals surface area contributed by atoms with Gasteiger partial charge < -0.3 is 5.11 Å². The summed E-state index contributed by atoms with van der Waals surface area (Å²) in [5, 5.41) is 17.6. The van der Waals surface area contributed by atoms with E-state index in [-0.39, 0.29) is 10.5 Å². The second-order valence-electron chi connectivity index (χ2n) is 4.18. The normalized spacial score (nSPS) is 11.5. The molecule has 102 valence electrons. The van der Waals surface area contributed by atoms with E-state index in [4.69, 9.17) is 10.4 Å². The number of carboxylic acid groups (broad SMARTS) is 1. The van der Waals surface area contributed by atoms with Crippen LogP contribution < -0.4 is 0 Å². The highest BCUT2D eigenvalue weighted by atomic mass is 32.2. The maximum atomic E-state index is 12.3. The van der Waals surface area contributed by atoms with E-state index < -0.39 is 28.6 Å². The average Bonchev–Trinajstić information content (AvgIpc) is 2.35. The first kappa shape index (κ1) is 15.1. The fourth-order valence-electron chi connectivity index (χ4n) is 1.54. The summed E-state index contributed by atoms with van der Waals surface area (Å²) in [5.74, 6) is -1.23. The highest BCUT2D eigenvalue weighted by Gasteiger charge is 2.29. The van der Waals surface area contributed by atoms with Crippen molar-refractivity contribution in [3.8, 4) is 6.07 Å². The summed E-state index contributed by atoms with van der Waals surface area (Å²) in [4.78, 5) is 10.7. The predicted octanol–water partition coefficient (Wildman–Crippen LogP) is 1.04. The Morgan fingerprint density at radius 3 is 2.58 bits per heavy atom. The number of carboxylic acids is 1. The quantitative estimate of drug-likeness (QED) is 0.870. The van der Waals surface area contributed by atoms with Gasteiger partial charge in [-0.1, -0.05) is 6.07 Å². The molecule has 0 spiro atoms. The number of aliphatic carboxylic acids is 1. The first-order valence-corrected chi connectivity index (χ1v) is 6.97. The van der Waals surface area contributed by atoms with Crippen molar-refractivity contribution in [2.75, 3.05) is 6.54 Å². The third kappa shape index (κ3) is 3.53. The van der Waals surface area contributed by atoms with E-state index in [1.807, 2.05) is 6.07 Å². The lowest BCUT2D eigenvalue weighted by atomic mass is 10.2. The van der Waals surface area contributed by atoms with Crippen molar-refractivity contribution < 1.29 is 18.3 Å². The predicted molar refractivity (Wildman–Crippen MR) is 67.8 cm³/mol. The monoisotopic (exact) mass is 282 g/mol. The minimum atomic E-state index is -3.93. The molecule has 6 nitrogen and oxygen atoms in total. The van der Waals surface area contributed by atoms with Crippen molar-refractivity contribution in [1.29, 1.82) is 5.26 Å². The molecule has 0 bridgehead atoms. The van der Waals surface area contributed by atoms with Gasteiger partial charge in [0.05, 0.1) is 16.5 Å². The summed E-state index contributed by atoms with van der Waals surface area (Å²) in [6, 6.07) is 6.86. The van der Waals surface area contributed by atoms with E-state index >= 15 is 0 Å². The van der Waals surface area contributed by atoms with Crippen LogP contribution in [0.1, 0.15) is 19.4 Å². The van der Waals surface area contributed by atoms with Crippen molar-refractivity contribution in [1.82, 2.24) is 4.31 Å². The molecule has 1 N–H and O–H groups in total. The van der Waals surface area contributed by atoms with Crippen LogP contribution in [0.3, 0.4) is 0 Å².